The fourth-order valence-electron chi connectivity index (χ4n) is 1.97. The van der Waals surface area contributed by atoms with Crippen LogP contribution < -0.4 is 0 Å². The second kappa shape index (κ2) is 3.61. The molecule has 0 aliphatic heterocycles. The van der Waals surface area contributed by atoms with Crippen molar-refractivity contribution >= 4 is 27.2 Å². The van der Waals surface area contributed by atoms with E-state index in [9.17, 15) is 0 Å². The quantitative estimate of drug-likeness (QED) is 0.523. The first kappa shape index (κ1) is 9.73. The van der Waals surface area contributed by atoms with Gasteiger partial charge in [0.1, 0.15) is 5.01 Å². The maximum Gasteiger partial charge on any atom is 0.165 e. The molecule has 0 spiro atoms. The van der Waals surface area contributed by atoms with Crippen molar-refractivity contribution < 1.29 is 0 Å². The van der Waals surface area contributed by atoms with E-state index < -0.39 is 0 Å². The van der Waals surface area contributed by atoms with E-state index in [0.29, 0.717) is 0 Å². The number of para-hydroxylation sites is 1. The van der Waals surface area contributed by atoms with E-state index in [1.54, 1.807) is 22.0 Å². The maximum atomic E-state index is 4.63. The number of fused-ring (bicyclic) bond motifs is 2. The van der Waals surface area contributed by atoms with Crippen LogP contribution in [0.25, 0.3) is 26.4 Å². The predicted octanol–water partition coefficient (Wildman–Crippen LogP) is 3.01. The molecule has 3 aromatic heterocycles. The maximum absolute atomic E-state index is 4.63. The van der Waals surface area contributed by atoms with Crippen LogP contribution in [-0.2, 0) is 0 Å². The molecule has 86 valence electrons. The molecular weight excluding hydrogens is 244 g/mol. The van der Waals surface area contributed by atoms with Crippen molar-refractivity contribution in [3.8, 4) is 10.6 Å². The Bertz CT molecular complexity index is 813. The molecule has 0 N–H and O–H groups in total. The summed E-state index contributed by atoms with van der Waals surface area (Å²) in [7, 11) is 0. The van der Waals surface area contributed by atoms with Crippen LogP contribution >= 0.6 is 11.3 Å². The topological polar surface area (TPSA) is 43.1 Å². The summed E-state index contributed by atoms with van der Waals surface area (Å²) in [6.07, 6.45) is 5.48. The van der Waals surface area contributed by atoms with Crippen LogP contribution in [0.15, 0.2) is 48.9 Å². The van der Waals surface area contributed by atoms with E-state index >= 15 is 0 Å². The number of benzene rings is 1. The Morgan fingerprint density at radius 1 is 1.11 bits per heavy atom. The van der Waals surface area contributed by atoms with Crippen molar-refractivity contribution in [3.63, 3.8) is 0 Å². The molecule has 0 amide bonds. The smallest absolute Gasteiger partial charge is 0.165 e. The van der Waals surface area contributed by atoms with Crippen LogP contribution in [0.2, 0.25) is 0 Å². The van der Waals surface area contributed by atoms with Gasteiger partial charge in [-0.05, 0) is 18.2 Å². The molecule has 18 heavy (non-hydrogen) atoms. The normalized spacial score (nSPS) is 11.3. The molecule has 0 aliphatic rings. The monoisotopic (exact) mass is 252 g/mol. The molecule has 4 nitrogen and oxygen atoms in total. The highest BCUT2D eigenvalue weighted by molar-refractivity contribution is 7.21. The van der Waals surface area contributed by atoms with Crippen molar-refractivity contribution in [2.75, 3.05) is 0 Å². The minimum atomic E-state index is 0.844. The highest BCUT2D eigenvalue weighted by Gasteiger charge is 2.11. The lowest BCUT2D eigenvalue weighted by Gasteiger charge is -1.92. The Morgan fingerprint density at radius 2 is 2.06 bits per heavy atom. The molecule has 5 heteroatoms. The summed E-state index contributed by atoms with van der Waals surface area (Å²) in [6.45, 7) is 0. The summed E-state index contributed by atoms with van der Waals surface area (Å²) in [6, 6.07) is 9.99. The number of hydrogen-bond acceptors (Lipinski definition) is 4. The molecule has 0 saturated heterocycles. The van der Waals surface area contributed by atoms with E-state index in [1.807, 2.05) is 36.7 Å². The molecule has 0 radical (unpaired) electrons. The zero-order valence-corrected chi connectivity index (χ0v) is 10.1. The van der Waals surface area contributed by atoms with E-state index in [-0.39, 0.29) is 0 Å². The van der Waals surface area contributed by atoms with Crippen LogP contribution in [0.1, 0.15) is 0 Å². The van der Waals surface area contributed by atoms with Gasteiger partial charge < -0.3 is 0 Å². The molecule has 4 rings (SSSR count). The Labute approximate surface area is 107 Å². The van der Waals surface area contributed by atoms with Gasteiger partial charge in [0, 0.05) is 12.4 Å². The zero-order chi connectivity index (χ0) is 11.9. The van der Waals surface area contributed by atoms with Crippen molar-refractivity contribution in [3.05, 3.63) is 48.9 Å². The molecule has 0 aliphatic carbocycles. The third kappa shape index (κ3) is 1.34. The first-order chi connectivity index (χ1) is 8.92. The van der Waals surface area contributed by atoms with Crippen LogP contribution in [-0.4, -0.2) is 19.6 Å². The van der Waals surface area contributed by atoms with E-state index in [1.165, 1.54) is 4.70 Å². The number of nitrogens with zero attached hydrogens (tertiary/aromatic N) is 4. The van der Waals surface area contributed by atoms with Crippen molar-refractivity contribution in [1.29, 1.82) is 0 Å². The second-order valence-corrected chi connectivity index (χ2v) is 4.96. The standard InChI is InChI=1S/C13H8N4S/c1-2-5-11-10(4-1)16-13(18-11)9-8-15-17-7-3-6-14-12(9)17/h1-8H. The number of aromatic nitrogens is 4. The first-order valence-corrected chi connectivity index (χ1v) is 6.38. The van der Waals surface area contributed by atoms with E-state index in [2.05, 4.69) is 21.1 Å². The molecule has 0 fully saturated rings. The largest absolute Gasteiger partial charge is 0.236 e. The molecule has 3 heterocycles. The molecule has 0 saturated carbocycles. The zero-order valence-electron chi connectivity index (χ0n) is 9.32. The van der Waals surface area contributed by atoms with Gasteiger partial charge in [0.2, 0.25) is 0 Å². The van der Waals surface area contributed by atoms with Gasteiger partial charge in [-0.25, -0.2) is 14.5 Å². The molecule has 0 bridgehead atoms. The lowest BCUT2D eigenvalue weighted by Crippen LogP contribution is -1.87. The lowest BCUT2D eigenvalue weighted by molar-refractivity contribution is 0.939. The summed E-state index contributed by atoms with van der Waals surface area (Å²) in [5, 5.41) is 5.25. The summed E-state index contributed by atoms with van der Waals surface area (Å²) >= 11 is 1.67. The molecule has 4 aromatic rings. The summed E-state index contributed by atoms with van der Waals surface area (Å²) in [5.41, 5.74) is 2.85. The fourth-order valence-corrected chi connectivity index (χ4v) is 2.94. The van der Waals surface area contributed by atoms with Gasteiger partial charge in [0.25, 0.3) is 0 Å². The predicted molar refractivity (Wildman–Crippen MR) is 71.6 cm³/mol. The Balaban J connectivity index is 2.01. The number of thiazole rings is 1. The molecular formula is C13H8N4S. The van der Waals surface area contributed by atoms with Crippen LogP contribution in [0.5, 0.6) is 0 Å². The van der Waals surface area contributed by atoms with E-state index in [0.717, 1.165) is 21.7 Å². The summed E-state index contributed by atoms with van der Waals surface area (Å²) in [5.74, 6) is 0. The average Bonchev–Trinajstić information content (AvgIpc) is 3.02. The van der Waals surface area contributed by atoms with Gasteiger partial charge in [-0.15, -0.1) is 11.3 Å². The van der Waals surface area contributed by atoms with Crippen LogP contribution in [0.3, 0.4) is 0 Å². The third-order valence-electron chi connectivity index (χ3n) is 2.80. The SMILES string of the molecule is c1ccc2sc(-c3cnn4cccnc34)nc2c1. The van der Waals surface area contributed by atoms with Gasteiger partial charge in [-0.1, -0.05) is 12.1 Å². The summed E-state index contributed by atoms with van der Waals surface area (Å²) < 4.78 is 2.95. The third-order valence-corrected chi connectivity index (χ3v) is 3.87. The minimum Gasteiger partial charge on any atom is -0.236 e. The molecule has 0 unspecified atom stereocenters. The Morgan fingerprint density at radius 3 is 3.00 bits per heavy atom. The number of hydrogen-bond donors (Lipinski definition) is 0. The van der Waals surface area contributed by atoms with Gasteiger partial charge in [-0.2, -0.15) is 5.10 Å². The van der Waals surface area contributed by atoms with Crippen molar-refractivity contribution in [2.24, 2.45) is 0 Å². The van der Waals surface area contributed by atoms with Crippen LogP contribution in [0.4, 0.5) is 0 Å². The highest BCUT2D eigenvalue weighted by Crippen LogP contribution is 2.31. The Kier molecular flexibility index (Phi) is 1.95. The fraction of sp³-hybridized carbons (Fsp3) is 0. The molecule has 0 atom stereocenters. The van der Waals surface area contributed by atoms with Crippen molar-refractivity contribution in [2.45, 2.75) is 0 Å². The van der Waals surface area contributed by atoms with Crippen LogP contribution in [0, 0.1) is 0 Å². The minimum absolute atomic E-state index is 0.844. The lowest BCUT2D eigenvalue weighted by atomic mass is 10.3. The first-order valence-electron chi connectivity index (χ1n) is 5.56. The summed E-state index contributed by atoms with van der Waals surface area (Å²) in [4.78, 5) is 8.99. The Hall–Kier alpha value is -2.27. The van der Waals surface area contributed by atoms with Gasteiger partial charge in [0.05, 0.1) is 22.0 Å². The second-order valence-electron chi connectivity index (χ2n) is 3.93. The number of rotatable bonds is 1. The van der Waals surface area contributed by atoms with E-state index in [4.69, 9.17) is 0 Å². The van der Waals surface area contributed by atoms with Gasteiger partial charge in [-0.3, -0.25) is 0 Å². The van der Waals surface area contributed by atoms with Gasteiger partial charge >= 0.3 is 0 Å². The van der Waals surface area contributed by atoms with Crippen molar-refractivity contribution in [1.82, 2.24) is 19.6 Å². The highest BCUT2D eigenvalue weighted by atomic mass is 32.1. The van der Waals surface area contributed by atoms with Gasteiger partial charge in [0.15, 0.2) is 5.65 Å². The molecule has 1 aromatic carbocycles. The average molecular weight is 252 g/mol.